The van der Waals surface area contributed by atoms with E-state index < -0.39 is 0 Å². The van der Waals surface area contributed by atoms with Gasteiger partial charge in [-0.2, -0.15) is 0 Å². The van der Waals surface area contributed by atoms with Crippen LogP contribution < -0.4 is 0 Å². The summed E-state index contributed by atoms with van der Waals surface area (Å²) in [5.74, 6) is -0.0804. The summed E-state index contributed by atoms with van der Waals surface area (Å²) in [6.45, 7) is 12.2. The van der Waals surface area contributed by atoms with Crippen LogP contribution in [0.2, 0.25) is 0 Å². The second-order valence-corrected chi connectivity index (χ2v) is 7.51. The lowest BCUT2D eigenvalue weighted by atomic mass is 9.75. The van der Waals surface area contributed by atoms with Crippen LogP contribution in [0.1, 0.15) is 67.8 Å². The van der Waals surface area contributed by atoms with Crippen molar-refractivity contribution < 1.29 is 9.59 Å². The first-order valence-corrected chi connectivity index (χ1v) is 6.97. The summed E-state index contributed by atoms with van der Waals surface area (Å²) < 4.78 is 0. The molecule has 0 spiro atoms. The minimum absolute atomic E-state index is 0.0156. The van der Waals surface area contributed by atoms with Crippen LogP contribution in [-0.2, 0) is 5.41 Å². The maximum atomic E-state index is 12.7. The summed E-state index contributed by atoms with van der Waals surface area (Å²) in [7, 11) is 0. The maximum absolute atomic E-state index is 12.7. The molecule has 0 saturated heterocycles. The number of hydrogen-bond acceptors (Lipinski definition) is 2. The number of carbonyl (C=O) groups excluding carboxylic acids is 2. The van der Waals surface area contributed by atoms with Crippen molar-refractivity contribution in [2.45, 2.75) is 47.0 Å². The van der Waals surface area contributed by atoms with Crippen LogP contribution in [0.4, 0.5) is 0 Å². The molecule has 0 saturated carbocycles. The molecule has 1 aliphatic carbocycles. The van der Waals surface area contributed by atoms with E-state index in [1.807, 2.05) is 32.9 Å². The van der Waals surface area contributed by atoms with Gasteiger partial charge in [-0.25, -0.2) is 0 Å². The van der Waals surface area contributed by atoms with Crippen molar-refractivity contribution in [2.75, 3.05) is 0 Å². The average molecular weight is 270 g/mol. The van der Waals surface area contributed by atoms with Crippen LogP contribution in [-0.4, -0.2) is 11.6 Å². The zero-order valence-electron chi connectivity index (χ0n) is 13.1. The fraction of sp³-hybridized carbons (Fsp3) is 0.444. The topological polar surface area (TPSA) is 34.1 Å². The Morgan fingerprint density at radius 3 is 1.90 bits per heavy atom. The van der Waals surface area contributed by atoms with E-state index >= 15 is 0 Å². The molecule has 1 aromatic rings. The zero-order valence-corrected chi connectivity index (χ0v) is 13.1. The van der Waals surface area contributed by atoms with Gasteiger partial charge >= 0.3 is 0 Å². The highest BCUT2D eigenvalue weighted by Gasteiger charge is 2.32. The first-order chi connectivity index (χ1) is 9.01. The van der Waals surface area contributed by atoms with Crippen molar-refractivity contribution in [2.24, 2.45) is 5.41 Å². The van der Waals surface area contributed by atoms with E-state index in [0.29, 0.717) is 16.7 Å². The van der Waals surface area contributed by atoms with Gasteiger partial charge in [0.15, 0.2) is 11.6 Å². The molecule has 106 valence electrons. The highest BCUT2D eigenvalue weighted by atomic mass is 16.1. The van der Waals surface area contributed by atoms with Crippen molar-refractivity contribution in [1.82, 2.24) is 0 Å². The van der Waals surface area contributed by atoms with Gasteiger partial charge in [0.1, 0.15) is 0 Å². The van der Waals surface area contributed by atoms with E-state index in [9.17, 15) is 9.59 Å². The quantitative estimate of drug-likeness (QED) is 0.703. The molecule has 20 heavy (non-hydrogen) atoms. The van der Waals surface area contributed by atoms with Gasteiger partial charge in [0.25, 0.3) is 0 Å². The Morgan fingerprint density at radius 2 is 1.40 bits per heavy atom. The molecule has 0 amide bonds. The number of hydrogen-bond donors (Lipinski definition) is 0. The van der Waals surface area contributed by atoms with Crippen molar-refractivity contribution in [3.05, 3.63) is 46.5 Å². The molecule has 1 aliphatic rings. The van der Waals surface area contributed by atoms with Crippen molar-refractivity contribution in [3.63, 3.8) is 0 Å². The molecule has 0 atom stereocenters. The Labute approximate surface area is 120 Å². The number of carbonyl (C=O) groups is 2. The molecule has 0 bridgehead atoms. The highest BCUT2D eigenvalue weighted by molar-refractivity contribution is 6.25. The van der Waals surface area contributed by atoms with Gasteiger partial charge in [0, 0.05) is 16.7 Å². The van der Waals surface area contributed by atoms with Crippen molar-refractivity contribution in [3.8, 4) is 0 Å². The fourth-order valence-corrected chi connectivity index (χ4v) is 2.39. The monoisotopic (exact) mass is 270 g/mol. The molecule has 0 heterocycles. The summed E-state index contributed by atoms with van der Waals surface area (Å²) >= 11 is 0. The fourth-order valence-electron chi connectivity index (χ4n) is 2.39. The minimum atomic E-state index is -0.317. The molecule has 1 aromatic carbocycles. The molecular weight excluding hydrogens is 248 g/mol. The molecule has 0 fully saturated rings. The summed E-state index contributed by atoms with van der Waals surface area (Å²) in [5, 5.41) is 0. The predicted molar refractivity (Wildman–Crippen MR) is 81.3 cm³/mol. The third-order valence-corrected chi connectivity index (χ3v) is 3.72. The van der Waals surface area contributed by atoms with Gasteiger partial charge < -0.3 is 0 Å². The summed E-state index contributed by atoms with van der Waals surface area (Å²) in [6, 6.07) is 5.61. The van der Waals surface area contributed by atoms with Gasteiger partial charge in [-0.15, -0.1) is 0 Å². The van der Waals surface area contributed by atoms with E-state index in [1.165, 1.54) is 6.08 Å². The first kappa shape index (κ1) is 14.7. The smallest absolute Gasteiger partial charge is 0.190 e. The van der Waals surface area contributed by atoms with E-state index in [4.69, 9.17) is 0 Å². The number of Topliss-reactive ketones (excluding diaryl/α,β-unsaturated/α-hetero) is 1. The normalized spacial score (nSPS) is 16.0. The van der Waals surface area contributed by atoms with Gasteiger partial charge in [-0.3, -0.25) is 9.59 Å². The molecule has 0 N–H and O–H groups in total. The lowest BCUT2D eigenvalue weighted by Crippen LogP contribution is -2.26. The predicted octanol–water partition coefficient (Wildman–Crippen LogP) is 4.34. The van der Waals surface area contributed by atoms with E-state index in [-0.39, 0.29) is 22.4 Å². The summed E-state index contributed by atoms with van der Waals surface area (Å²) in [5.41, 5.74) is 2.39. The number of rotatable bonds is 0. The molecular formula is C18H22O2. The SMILES string of the molecule is CC(C)(C)C1=CC(=O)c2ccc(C(C)(C)C)cc2C1=O. The minimum Gasteiger partial charge on any atom is -0.289 e. The molecule has 0 aliphatic heterocycles. The second-order valence-electron chi connectivity index (χ2n) is 7.51. The molecule has 0 radical (unpaired) electrons. The standard InChI is InChI=1S/C18H22O2/c1-17(2,3)11-7-8-12-13(9-11)16(20)14(10-15(12)19)18(4,5)6/h7-10H,1-6H3. The Balaban J connectivity index is 2.61. The second kappa shape index (κ2) is 4.41. The third kappa shape index (κ3) is 2.47. The van der Waals surface area contributed by atoms with Gasteiger partial charge in [0.05, 0.1) is 0 Å². The van der Waals surface area contributed by atoms with Crippen molar-refractivity contribution in [1.29, 1.82) is 0 Å². The van der Waals surface area contributed by atoms with Gasteiger partial charge in [-0.05, 0) is 28.5 Å². The Hall–Kier alpha value is -1.70. The number of ketones is 2. The van der Waals surface area contributed by atoms with Crippen LogP contribution in [0.5, 0.6) is 0 Å². The van der Waals surface area contributed by atoms with Crippen LogP contribution in [0.25, 0.3) is 0 Å². The van der Waals surface area contributed by atoms with Gasteiger partial charge in [0.2, 0.25) is 0 Å². The molecule has 2 rings (SSSR count). The van der Waals surface area contributed by atoms with E-state index in [1.54, 1.807) is 6.07 Å². The summed E-state index contributed by atoms with van der Waals surface area (Å²) in [4.78, 5) is 24.9. The Bertz CT molecular complexity index is 620. The van der Waals surface area contributed by atoms with Gasteiger partial charge in [-0.1, -0.05) is 53.7 Å². The highest BCUT2D eigenvalue weighted by Crippen LogP contribution is 2.34. The largest absolute Gasteiger partial charge is 0.289 e. The van der Waals surface area contributed by atoms with E-state index in [2.05, 4.69) is 20.8 Å². The molecule has 2 nitrogen and oxygen atoms in total. The van der Waals surface area contributed by atoms with Crippen molar-refractivity contribution >= 4 is 11.6 Å². The Kier molecular flexibility index (Phi) is 3.24. The number of benzene rings is 1. The lowest BCUT2D eigenvalue weighted by Gasteiger charge is -2.27. The van der Waals surface area contributed by atoms with Crippen LogP contribution >= 0.6 is 0 Å². The van der Waals surface area contributed by atoms with E-state index in [0.717, 1.165) is 5.56 Å². The average Bonchev–Trinajstić information content (AvgIpc) is 2.30. The summed E-state index contributed by atoms with van der Waals surface area (Å²) in [6.07, 6.45) is 1.50. The Morgan fingerprint density at radius 1 is 0.800 bits per heavy atom. The number of allylic oxidation sites excluding steroid dienone is 2. The first-order valence-electron chi connectivity index (χ1n) is 6.97. The number of fused-ring (bicyclic) bond motifs is 1. The molecule has 0 unspecified atom stereocenters. The maximum Gasteiger partial charge on any atom is 0.190 e. The molecule has 2 heteroatoms. The molecule has 0 aromatic heterocycles. The lowest BCUT2D eigenvalue weighted by molar-refractivity contribution is 0.0967. The van der Waals surface area contributed by atoms with Crippen LogP contribution in [0, 0.1) is 5.41 Å². The van der Waals surface area contributed by atoms with Crippen LogP contribution in [0.15, 0.2) is 29.8 Å². The third-order valence-electron chi connectivity index (χ3n) is 3.72. The van der Waals surface area contributed by atoms with Crippen LogP contribution in [0.3, 0.4) is 0 Å². The zero-order chi connectivity index (χ0) is 15.3.